The van der Waals surface area contributed by atoms with Gasteiger partial charge >= 0.3 is 0 Å². The summed E-state index contributed by atoms with van der Waals surface area (Å²) in [6, 6.07) is 14.8. The quantitative estimate of drug-likeness (QED) is 0.712. The molecule has 1 heterocycles. The first-order chi connectivity index (χ1) is 13.0. The van der Waals surface area contributed by atoms with E-state index in [4.69, 9.17) is 0 Å². The molecule has 2 N–H and O–H groups in total. The van der Waals surface area contributed by atoms with Gasteiger partial charge in [0.2, 0.25) is 10.0 Å². The first kappa shape index (κ1) is 17.9. The normalized spacial score (nSPS) is 14.2. The molecule has 0 radical (unpaired) electrons. The van der Waals surface area contributed by atoms with E-state index in [1.807, 2.05) is 36.4 Å². The molecule has 1 aromatic heterocycles. The van der Waals surface area contributed by atoms with Gasteiger partial charge in [-0.2, -0.15) is 0 Å². The lowest BCUT2D eigenvalue weighted by Crippen LogP contribution is -2.28. The molecule has 1 aliphatic carbocycles. The Kier molecular flexibility index (Phi) is 4.85. The van der Waals surface area contributed by atoms with Gasteiger partial charge in [0, 0.05) is 17.6 Å². The summed E-state index contributed by atoms with van der Waals surface area (Å²) in [5.74, 6) is 0. The average molecular weight is 382 g/mol. The highest BCUT2D eigenvalue weighted by Gasteiger charge is 2.17. The van der Waals surface area contributed by atoms with Crippen LogP contribution in [0.2, 0.25) is 0 Å². The van der Waals surface area contributed by atoms with Crippen LogP contribution in [0.4, 0.5) is 0 Å². The molecule has 0 spiro atoms. The highest BCUT2D eigenvalue weighted by molar-refractivity contribution is 7.89. The molecule has 0 amide bonds. The zero-order valence-electron chi connectivity index (χ0n) is 15.0. The topological polar surface area (TPSA) is 79.0 Å². The Hall–Kier alpha value is -2.44. The second-order valence-electron chi connectivity index (χ2n) is 7.00. The van der Waals surface area contributed by atoms with Crippen molar-refractivity contribution in [3.63, 3.8) is 0 Å². The van der Waals surface area contributed by atoms with Gasteiger partial charge in [-0.05, 0) is 72.9 Å². The maximum absolute atomic E-state index is 12.6. The number of sulfonamides is 1. The van der Waals surface area contributed by atoms with Crippen LogP contribution in [0.15, 0.2) is 58.2 Å². The predicted octanol–water partition coefficient (Wildman–Crippen LogP) is 2.93. The number of hydrogen-bond acceptors (Lipinski definition) is 3. The lowest BCUT2D eigenvalue weighted by molar-refractivity contribution is 0.581. The van der Waals surface area contributed by atoms with Gasteiger partial charge in [0.15, 0.2) is 0 Å². The molecule has 3 aromatic rings. The molecule has 6 heteroatoms. The molecule has 0 unspecified atom stereocenters. The summed E-state index contributed by atoms with van der Waals surface area (Å²) in [6.07, 6.45) is 4.57. The van der Waals surface area contributed by atoms with Crippen molar-refractivity contribution >= 4 is 20.9 Å². The lowest BCUT2D eigenvalue weighted by Gasteiger charge is -2.16. The van der Waals surface area contributed by atoms with Crippen molar-refractivity contribution in [3.05, 3.63) is 75.6 Å². The van der Waals surface area contributed by atoms with Crippen LogP contribution in [0, 0.1) is 0 Å². The van der Waals surface area contributed by atoms with Gasteiger partial charge in [-0.15, -0.1) is 0 Å². The molecule has 0 saturated heterocycles. The van der Waals surface area contributed by atoms with Crippen molar-refractivity contribution in [3.8, 4) is 0 Å². The Morgan fingerprint density at radius 1 is 0.963 bits per heavy atom. The van der Waals surface area contributed by atoms with Crippen LogP contribution in [0.5, 0.6) is 0 Å². The van der Waals surface area contributed by atoms with E-state index in [-0.39, 0.29) is 12.1 Å². The number of aryl methyl sites for hydroxylation is 2. The summed E-state index contributed by atoms with van der Waals surface area (Å²) in [7, 11) is -3.58. The summed E-state index contributed by atoms with van der Waals surface area (Å²) >= 11 is 0. The third-order valence-electron chi connectivity index (χ3n) is 5.15. The Labute approximate surface area is 158 Å². The highest BCUT2D eigenvalue weighted by atomic mass is 32.2. The average Bonchev–Trinajstić information content (AvgIpc) is 2.68. The SMILES string of the molecule is O=c1[nH]c2ccccc2cc1CCNS(=O)(=O)c1ccc2c(c1)CCCC2. The summed E-state index contributed by atoms with van der Waals surface area (Å²) < 4.78 is 27.8. The summed E-state index contributed by atoms with van der Waals surface area (Å²) in [5.41, 5.74) is 3.56. The van der Waals surface area contributed by atoms with Crippen LogP contribution < -0.4 is 10.3 Å². The zero-order chi connectivity index (χ0) is 18.9. The highest BCUT2D eigenvalue weighted by Crippen LogP contribution is 2.24. The Bertz CT molecular complexity index is 1150. The van der Waals surface area contributed by atoms with Crippen molar-refractivity contribution in [1.82, 2.24) is 9.71 Å². The Morgan fingerprint density at radius 3 is 2.59 bits per heavy atom. The van der Waals surface area contributed by atoms with Gasteiger partial charge in [0.25, 0.3) is 5.56 Å². The van der Waals surface area contributed by atoms with Crippen LogP contribution in [0.25, 0.3) is 10.9 Å². The van der Waals surface area contributed by atoms with Gasteiger partial charge in [-0.1, -0.05) is 24.3 Å². The van der Waals surface area contributed by atoms with Crippen LogP contribution in [-0.4, -0.2) is 19.9 Å². The lowest BCUT2D eigenvalue weighted by atomic mass is 9.92. The first-order valence-electron chi connectivity index (χ1n) is 9.25. The predicted molar refractivity (Wildman–Crippen MR) is 107 cm³/mol. The molecule has 0 saturated carbocycles. The monoisotopic (exact) mass is 382 g/mol. The molecule has 27 heavy (non-hydrogen) atoms. The fourth-order valence-corrected chi connectivity index (χ4v) is 4.74. The summed E-state index contributed by atoms with van der Waals surface area (Å²) in [6.45, 7) is 0.181. The van der Waals surface area contributed by atoms with Gasteiger partial charge in [-0.25, -0.2) is 13.1 Å². The minimum absolute atomic E-state index is 0.179. The second-order valence-corrected chi connectivity index (χ2v) is 8.76. The number of fused-ring (bicyclic) bond motifs is 2. The fourth-order valence-electron chi connectivity index (χ4n) is 3.66. The van der Waals surface area contributed by atoms with E-state index in [0.29, 0.717) is 16.9 Å². The van der Waals surface area contributed by atoms with Crippen molar-refractivity contribution in [2.75, 3.05) is 6.54 Å². The molecule has 0 aliphatic heterocycles. The van der Waals surface area contributed by atoms with Crippen LogP contribution in [-0.2, 0) is 29.3 Å². The third-order valence-corrected chi connectivity index (χ3v) is 6.61. The molecule has 4 rings (SSSR count). The molecular weight excluding hydrogens is 360 g/mol. The van der Waals surface area contributed by atoms with E-state index in [1.165, 1.54) is 5.56 Å². The number of aromatic nitrogens is 1. The number of hydrogen-bond donors (Lipinski definition) is 2. The van der Waals surface area contributed by atoms with Crippen LogP contribution >= 0.6 is 0 Å². The number of pyridine rings is 1. The van der Waals surface area contributed by atoms with Gasteiger partial charge in [0.1, 0.15) is 0 Å². The third kappa shape index (κ3) is 3.82. The van der Waals surface area contributed by atoms with E-state index < -0.39 is 10.0 Å². The molecule has 1 aliphatic rings. The van der Waals surface area contributed by atoms with Crippen molar-refractivity contribution in [2.45, 2.75) is 37.0 Å². The first-order valence-corrected chi connectivity index (χ1v) is 10.7. The Balaban J connectivity index is 1.48. The minimum Gasteiger partial charge on any atom is -0.322 e. The van der Waals surface area contributed by atoms with E-state index in [9.17, 15) is 13.2 Å². The zero-order valence-corrected chi connectivity index (χ0v) is 15.8. The van der Waals surface area contributed by atoms with Crippen molar-refractivity contribution in [1.29, 1.82) is 0 Å². The van der Waals surface area contributed by atoms with Crippen LogP contribution in [0.3, 0.4) is 0 Å². The number of aromatic amines is 1. The molecule has 0 atom stereocenters. The van der Waals surface area contributed by atoms with E-state index >= 15 is 0 Å². The van der Waals surface area contributed by atoms with Crippen molar-refractivity contribution in [2.24, 2.45) is 0 Å². The number of nitrogens with one attached hydrogen (secondary N) is 2. The smallest absolute Gasteiger partial charge is 0.251 e. The van der Waals surface area contributed by atoms with E-state index in [0.717, 1.165) is 42.1 Å². The number of benzene rings is 2. The van der Waals surface area contributed by atoms with Gasteiger partial charge in [0.05, 0.1) is 4.90 Å². The molecule has 0 bridgehead atoms. The van der Waals surface area contributed by atoms with E-state index in [1.54, 1.807) is 12.1 Å². The molecule has 5 nitrogen and oxygen atoms in total. The summed E-state index contributed by atoms with van der Waals surface area (Å²) in [4.78, 5) is 15.3. The van der Waals surface area contributed by atoms with E-state index in [2.05, 4.69) is 9.71 Å². The minimum atomic E-state index is -3.58. The Morgan fingerprint density at radius 2 is 1.74 bits per heavy atom. The molecule has 2 aromatic carbocycles. The fraction of sp³-hybridized carbons (Fsp3) is 0.286. The van der Waals surface area contributed by atoms with Gasteiger partial charge < -0.3 is 4.98 Å². The largest absolute Gasteiger partial charge is 0.322 e. The summed E-state index contributed by atoms with van der Waals surface area (Å²) in [5, 5.41) is 0.935. The van der Waals surface area contributed by atoms with Crippen LogP contribution in [0.1, 0.15) is 29.5 Å². The maximum Gasteiger partial charge on any atom is 0.251 e. The van der Waals surface area contributed by atoms with Gasteiger partial charge in [-0.3, -0.25) is 4.79 Å². The molecular formula is C21H22N2O3S. The molecule has 0 fully saturated rings. The number of H-pyrrole nitrogens is 1. The number of rotatable bonds is 5. The number of para-hydroxylation sites is 1. The standard InChI is InChI=1S/C21H22N2O3S/c24-21-18(13-17-7-3-4-8-20(17)23-21)11-12-22-27(25,26)19-10-9-15-5-1-2-6-16(15)14-19/h3-4,7-10,13-14,22H,1-2,5-6,11-12H2,(H,23,24). The second kappa shape index (κ2) is 7.29. The molecule has 140 valence electrons. The maximum atomic E-state index is 12.6. The van der Waals surface area contributed by atoms with Crippen molar-refractivity contribution < 1.29 is 8.42 Å².